The standard InChI is InChI=1S/C13H16N3O6/c1-2-22-13(18)12(17)15-9-10(3-4-11(15)16(19)20)14-5-7-21-8-6-14/h3-4,9H,2,5-8H2,1H3/q+1. The predicted octanol–water partition coefficient (Wildman–Crippen LogP) is -0.0778. The molecule has 2 heterocycles. The van der Waals surface area contributed by atoms with Crippen molar-refractivity contribution in [1.82, 2.24) is 0 Å². The first-order valence-electron chi connectivity index (χ1n) is 6.79. The van der Waals surface area contributed by atoms with Gasteiger partial charge in [0, 0.05) is 13.1 Å². The van der Waals surface area contributed by atoms with Gasteiger partial charge in [-0.05, 0) is 13.0 Å². The molecule has 0 bridgehead atoms. The smallest absolute Gasteiger partial charge is 0.455 e. The van der Waals surface area contributed by atoms with Crippen LogP contribution in [0, 0.1) is 10.1 Å². The number of morpholine rings is 1. The highest BCUT2D eigenvalue weighted by Gasteiger charge is 2.36. The number of ether oxygens (including phenoxy) is 2. The van der Waals surface area contributed by atoms with Crippen LogP contribution in [0.5, 0.6) is 0 Å². The lowest BCUT2D eigenvalue weighted by Crippen LogP contribution is -2.50. The van der Waals surface area contributed by atoms with Crippen molar-refractivity contribution >= 4 is 23.4 Å². The number of anilines is 1. The third-order valence-corrected chi connectivity index (χ3v) is 3.14. The van der Waals surface area contributed by atoms with Crippen molar-refractivity contribution in [3.05, 3.63) is 28.4 Å². The maximum atomic E-state index is 12.0. The number of carbonyl (C=O) groups excluding carboxylic acids is 2. The molecule has 2 rings (SSSR count). The summed E-state index contributed by atoms with van der Waals surface area (Å²) in [6.45, 7) is 3.83. The molecule has 9 heteroatoms. The van der Waals surface area contributed by atoms with Gasteiger partial charge in [0.2, 0.25) is 6.20 Å². The minimum Gasteiger partial charge on any atom is -0.455 e. The van der Waals surface area contributed by atoms with Crippen molar-refractivity contribution in [3.63, 3.8) is 0 Å². The zero-order chi connectivity index (χ0) is 16.1. The number of hydrogen-bond acceptors (Lipinski definition) is 7. The Morgan fingerprint density at radius 2 is 2.09 bits per heavy atom. The number of nitrogens with zero attached hydrogens (tertiary/aromatic N) is 3. The first kappa shape index (κ1) is 15.8. The SMILES string of the molecule is CCOC(=O)C(=O)[n+]1cc(N2CCOCC2)ccc1[N+](=O)[O-]. The van der Waals surface area contributed by atoms with Gasteiger partial charge in [0.1, 0.15) is 10.6 Å². The number of pyridine rings is 1. The number of aromatic nitrogens is 1. The first-order valence-corrected chi connectivity index (χ1v) is 6.79. The summed E-state index contributed by atoms with van der Waals surface area (Å²) in [5.74, 6) is -2.71. The van der Waals surface area contributed by atoms with Crippen LogP contribution in [-0.4, -0.2) is 49.7 Å². The molecule has 0 saturated carbocycles. The summed E-state index contributed by atoms with van der Waals surface area (Å²) in [5, 5.41) is 11.0. The molecule has 0 atom stereocenters. The van der Waals surface area contributed by atoms with E-state index < -0.39 is 22.6 Å². The Bertz CT molecular complexity index is 597. The van der Waals surface area contributed by atoms with Gasteiger partial charge in [0.15, 0.2) is 0 Å². The van der Waals surface area contributed by atoms with Gasteiger partial charge < -0.3 is 14.4 Å². The molecule has 0 N–H and O–H groups in total. The molecule has 0 amide bonds. The topological polar surface area (TPSA) is 103 Å². The van der Waals surface area contributed by atoms with Gasteiger partial charge in [-0.2, -0.15) is 0 Å². The summed E-state index contributed by atoms with van der Waals surface area (Å²) >= 11 is 0. The molecule has 22 heavy (non-hydrogen) atoms. The van der Waals surface area contributed by atoms with Crippen molar-refractivity contribution in [2.75, 3.05) is 37.8 Å². The van der Waals surface area contributed by atoms with Gasteiger partial charge in [-0.25, -0.2) is 9.59 Å². The van der Waals surface area contributed by atoms with Gasteiger partial charge in [-0.1, -0.05) is 4.57 Å². The van der Waals surface area contributed by atoms with E-state index in [0.717, 1.165) is 0 Å². The zero-order valence-corrected chi connectivity index (χ0v) is 12.1. The van der Waals surface area contributed by atoms with Gasteiger partial charge in [0.25, 0.3) is 0 Å². The normalized spacial score (nSPS) is 14.5. The average molecular weight is 310 g/mol. The van der Waals surface area contributed by atoms with Crippen molar-refractivity contribution < 1.29 is 28.6 Å². The molecule has 1 aromatic heterocycles. The van der Waals surface area contributed by atoms with E-state index in [4.69, 9.17) is 4.74 Å². The molecule has 9 nitrogen and oxygen atoms in total. The Kier molecular flexibility index (Phi) is 4.99. The van der Waals surface area contributed by atoms with Crippen molar-refractivity contribution in [1.29, 1.82) is 0 Å². The van der Waals surface area contributed by atoms with E-state index in [1.165, 1.54) is 12.3 Å². The lowest BCUT2D eigenvalue weighted by molar-refractivity contribution is -0.636. The molecule has 1 fully saturated rings. The van der Waals surface area contributed by atoms with Crippen molar-refractivity contribution in [2.45, 2.75) is 6.92 Å². The second kappa shape index (κ2) is 6.94. The Balaban J connectivity index is 2.37. The van der Waals surface area contributed by atoms with E-state index >= 15 is 0 Å². The van der Waals surface area contributed by atoms with E-state index in [1.54, 1.807) is 13.0 Å². The zero-order valence-electron chi connectivity index (χ0n) is 12.1. The van der Waals surface area contributed by atoms with Gasteiger partial charge in [-0.15, -0.1) is 0 Å². The van der Waals surface area contributed by atoms with Crippen LogP contribution in [0.2, 0.25) is 0 Å². The molecule has 1 aromatic rings. The maximum Gasteiger partial charge on any atom is 0.510 e. The predicted molar refractivity (Wildman–Crippen MR) is 73.6 cm³/mol. The summed E-state index contributed by atoms with van der Waals surface area (Å²) in [6.07, 6.45) is 1.28. The molecule has 1 aliphatic heterocycles. The average Bonchev–Trinajstić information content (AvgIpc) is 2.54. The molecule has 0 radical (unpaired) electrons. The molecule has 0 aromatic carbocycles. The molecule has 0 aliphatic carbocycles. The van der Waals surface area contributed by atoms with Crippen LogP contribution in [0.4, 0.5) is 11.5 Å². The summed E-state index contributed by atoms with van der Waals surface area (Å²) in [6, 6.07) is 2.74. The number of nitro groups is 1. The highest BCUT2D eigenvalue weighted by atomic mass is 16.6. The van der Waals surface area contributed by atoms with Crippen LogP contribution >= 0.6 is 0 Å². The van der Waals surface area contributed by atoms with Crippen molar-refractivity contribution in [3.8, 4) is 0 Å². The Morgan fingerprint density at radius 3 is 2.68 bits per heavy atom. The summed E-state index contributed by atoms with van der Waals surface area (Å²) < 4.78 is 10.6. The number of carbonyl (C=O) groups is 2. The van der Waals surface area contributed by atoms with E-state index in [0.29, 0.717) is 36.6 Å². The molecule has 118 valence electrons. The van der Waals surface area contributed by atoms with E-state index in [9.17, 15) is 19.7 Å². The van der Waals surface area contributed by atoms with Gasteiger partial charge in [0.05, 0.1) is 25.9 Å². The van der Waals surface area contributed by atoms with Gasteiger partial charge in [-0.3, -0.25) is 10.1 Å². The second-order valence-electron chi connectivity index (χ2n) is 4.50. The number of hydrogen-bond donors (Lipinski definition) is 0. The third kappa shape index (κ3) is 3.37. The fourth-order valence-corrected chi connectivity index (χ4v) is 2.09. The fraction of sp³-hybridized carbons (Fsp3) is 0.462. The fourth-order valence-electron chi connectivity index (χ4n) is 2.09. The molecular weight excluding hydrogens is 294 g/mol. The first-order chi connectivity index (χ1) is 10.5. The number of esters is 1. The van der Waals surface area contributed by atoms with Crippen LogP contribution < -0.4 is 9.47 Å². The second-order valence-corrected chi connectivity index (χ2v) is 4.50. The quantitative estimate of drug-likeness (QED) is 0.253. The van der Waals surface area contributed by atoms with Crippen LogP contribution in [0.25, 0.3) is 0 Å². The third-order valence-electron chi connectivity index (χ3n) is 3.14. The molecule has 1 aliphatic rings. The molecular formula is C13H16N3O6+. The molecule has 0 unspecified atom stereocenters. The number of rotatable bonds is 3. The van der Waals surface area contributed by atoms with E-state index in [1.807, 2.05) is 4.90 Å². The highest BCUT2D eigenvalue weighted by Crippen LogP contribution is 2.16. The largest absolute Gasteiger partial charge is 0.510 e. The Hall–Kier alpha value is -2.55. The Morgan fingerprint density at radius 1 is 1.41 bits per heavy atom. The van der Waals surface area contributed by atoms with Gasteiger partial charge >= 0.3 is 17.7 Å². The summed E-state index contributed by atoms with van der Waals surface area (Å²) in [4.78, 5) is 35.8. The summed E-state index contributed by atoms with van der Waals surface area (Å²) in [7, 11) is 0. The lowest BCUT2D eigenvalue weighted by Gasteiger charge is -2.27. The van der Waals surface area contributed by atoms with Crippen LogP contribution in [-0.2, 0) is 14.3 Å². The summed E-state index contributed by atoms with van der Waals surface area (Å²) in [5.41, 5.74) is 0.603. The minimum absolute atomic E-state index is 0.0160. The molecule has 0 spiro atoms. The minimum atomic E-state index is -1.13. The lowest BCUT2D eigenvalue weighted by atomic mass is 10.3. The molecule has 1 saturated heterocycles. The maximum absolute atomic E-state index is 12.0. The monoisotopic (exact) mass is 310 g/mol. The van der Waals surface area contributed by atoms with E-state index in [-0.39, 0.29) is 6.61 Å². The Labute approximate surface area is 126 Å². The van der Waals surface area contributed by atoms with E-state index in [2.05, 4.69) is 4.74 Å². The highest BCUT2D eigenvalue weighted by molar-refractivity contribution is 6.28. The van der Waals surface area contributed by atoms with Crippen LogP contribution in [0.1, 0.15) is 11.7 Å². The van der Waals surface area contributed by atoms with Crippen molar-refractivity contribution in [2.24, 2.45) is 0 Å². The van der Waals surface area contributed by atoms with Crippen LogP contribution in [0.3, 0.4) is 0 Å². The van der Waals surface area contributed by atoms with Crippen LogP contribution in [0.15, 0.2) is 18.3 Å².